The summed E-state index contributed by atoms with van der Waals surface area (Å²) in [5.74, 6) is -0.923. The summed E-state index contributed by atoms with van der Waals surface area (Å²) in [6.45, 7) is 0.620. The van der Waals surface area contributed by atoms with E-state index in [1.807, 2.05) is 48.5 Å². The van der Waals surface area contributed by atoms with Gasteiger partial charge in [0.1, 0.15) is 5.82 Å². The molecule has 4 nitrogen and oxygen atoms in total. The van der Waals surface area contributed by atoms with Crippen LogP contribution in [0.3, 0.4) is 0 Å². The van der Waals surface area contributed by atoms with Crippen LogP contribution >= 0.6 is 11.6 Å². The van der Waals surface area contributed by atoms with Gasteiger partial charge in [-0.05, 0) is 23.8 Å². The monoisotopic (exact) mass is 422 g/mol. The molecule has 0 N–H and O–H groups in total. The van der Waals surface area contributed by atoms with E-state index in [-0.39, 0.29) is 24.1 Å². The van der Waals surface area contributed by atoms with Crippen LogP contribution in [0.15, 0.2) is 84.0 Å². The Morgan fingerprint density at radius 1 is 1.03 bits per heavy atom. The van der Waals surface area contributed by atoms with Gasteiger partial charge in [-0.25, -0.2) is 4.39 Å². The highest BCUT2D eigenvalue weighted by Gasteiger charge is 2.29. The van der Waals surface area contributed by atoms with E-state index < -0.39 is 5.82 Å². The lowest BCUT2D eigenvalue weighted by Crippen LogP contribution is -2.37. The molecule has 3 aromatic rings. The Hall–Kier alpha value is -3.18. The summed E-state index contributed by atoms with van der Waals surface area (Å²) < 4.78 is 14.3. The fourth-order valence-corrected chi connectivity index (χ4v) is 3.70. The Morgan fingerprint density at radius 3 is 2.50 bits per heavy atom. The summed E-state index contributed by atoms with van der Waals surface area (Å²) in [6, 6.07) is 23.0. The van der Waals surface area contributed by atoms with Crippen LogP contribution < -0.4 is 0 Å². The molecule has 6 heteroatoms. The second kappa shape index (κ2) is 9.09. The number of carbonyl (C=O) groups excluding carboxylic acids is 1. The molecule has 0 saturated heterocycles. The second-order valence-corrected chi connectivity index (χ2v) is 7.51. The van der Waals surface area contributed by atoms with Crippen LogP contribution in [-0.4, -0.2) is 29.2 Å². The molecule has 0 saturated carbocycles. The molecular weight excluding hydrogens is 403 g/mol. The van der Waals surface area contributed by atoms with E-state index >= 15 is 0 Å². The van der Waals surface area contributed by atoms with E-state index in [4.69, 9.17) is 16.4 Å². The van der Waals surface area contributed by atoms with Gasteiger partial charge in [0.05, 0.1) is 17.8 Å². The Kier molecular flexibility index (Phi) is 6.10. The fraction of sp³-hybridized carbons (Fsp3) is 0.167. The molecule has 0 spiro atoms. The zero-order chi connectivity index (χ0) is 20.9. The number of oxime groups is 1. The first-order valence-electron chi connectivity index (χ1n) is 9.67. The van der Waals surface area contributed by atoms with Gasteiger partial charge in [0, 0.05) is 23.6 Å². The van der Waals surface area contributed by atoms with Crippen molar-refractivity contribution in [3.05, 3.63) is 106 Å². The van der Waals surface area contributed by atoms with Gasteiger partial charge in [0.25, 0.3) is 5.91 Å². The normalized spacial score (nSPS) is 15.4. The third kappa shape index (κ3) is 4.52. The van der Waals surface area contributed by atoms with Crippen molar-refractivity contribution in [3.8, 4) is 0 Å². The summed E-state index contributed by atoms with van der Waals surface area (Å²) in [6.07, 6.45) is 0.176. The average molecular weight is 423 g/mol. The first kappa shape index (κ1) is 20.1. The maximum atomic E-state index is 14.3. The second-order valence-electron chi connectivity index (χ2n) is 7.10. The Balaban J connectivity index is 1.53. The maximum absolute atomic E-state index is 14.3. The van der Waals surface area contributed by atoms with Crippen LogP contribution in [0.25, 0.3) is 0 Å². The third-order valence-electron chi connectivity index (χ3n) is 4.95. The minimum Gasteiger partial charge on any atom is -0.390 e. The number of carbonyl (C=O) groups is 1. The van der Waals surface area contributed by atoms with Crippen molar-refractivity contribution >= 4 is 23.2 Å². The topological polar surface area (TPSA) is 41.9 Å². The van der Waals surface area contributed by atoms with Gasteiger partial charge in [-0.1, -0.05) is 77.4 Å². The summed E-state index contributed by atoms with van der Waals surface area (Å²) in [7, 11) is 0. The quantitative estimate of drug-likeness (QED) is 0.540. The van der Waals surface area contributed by atoms with Gasteiger partial charge >= 0.3 is 0 Å². The molecular formula is C24H20ClFN2O2. The van der Waals surface area contributed by atoms with Crippen LogP contribution in [-0.2, 0) is 11.4 Å². The molecule has 0 fully saturated rings. The molecule has 0 unspecified atom stereocenters. The standard InChI is InChI=1S/C24H20ClFN2O2/c25-21-12-6-4-10-19(21)23-14-18(30-27-23)16-28(15-17-8-2-1-3-9-17)24(29)20-11-5-7-13-22(20)26/h1-13,18H,14-16H2/t18-/m1/s1. The van der Waals surface area contributed by atoms with Gasteiger partial charge in [0.2, 0.25) is 0 Å². The highest BCUT2D eigenvalue weighted by Crippen LogP contribution is 2.24. The minimum absolute atomic E-state index is 0.0404. The lowest BCUT2D eigenvalue weighted by atomic mass is 10.0. The maximum Gasteiger partial charge on any atom is 0.257 e. The molecule has 1 aliphatic heterocycles. The van der Waals surface area contributed by atoms with Gasteiger partial charge in [-0.3, -0.25) is 4.79 Å². The zero-order valence-corrected chi connectivity index (χ0v) is 16.9. The number of rotatable bonds is 6. The first-order valence-corrected chi connectivity index (χ1v) is 10.0. The van der Waals surface area contributed by atoms with E-state index in [1.54, 1.807) is 23.1 Å². The minimum atomic E-state index is -0.541. The van der Waals surface area contributed by atoms with Crippen LogP contribution in [0.1, 0.15) is 27.9 Å². The van der Waals surface area contributed by atoms with E-state index in [2.05, 4.69) is 5.16 Å². The van der Waals surface area contributed by atoms with E-state index in [0.717, 1.165) is 16.8 Å². The molecule has 0 aromatic heterocycles. The summed E-state index contributed by atoms with van der Waals surface area (Å²) in [5.41, 5.74) is 2.55. The number of nitrogens with zero attached hydrogens (tertiary/aromatic N) is 2. The largest absolute Gasteiger partial charge is 0.390 e. The zero-order valence-electron chi connectivity index (χ0n) is 16.2. The van der Waals surface area contributed by atoms with Gasteiger partial charge in [0.15, 0.2) is 6.10 Å². The SMILES string of the molecule is O=C(c1ccccc1F)N(Cc1ccccc1)C[C@H]1CC(c2ccccc2Cl)=NO1. The molecule has 4 rings (SSSR count). The number of halogens is 2. The highest BCUT2D eigenvalue weighted by molar-refractivity contribution is 6.34. The molecule has 3 aromatic carbocycles. The predicted octanol–water partition coefficient (Wildman–Crippen LogP) is 5.31. The number of benzene rings is 3. The summed E-state index contributed by atoms with van der Waals surface area (Å²) in [5, 5.41) is 4.78. The van der Waals surface area contributed by atoms with E-state index in [0.29, 0.717) is 18.0 Å². The Bertz CT molecular complexity index is 1070. The van der Waals surface area contributed by atoms with Crippen molar-refractivity contribution in [3.63, 3.8) is 0 Å². The fourth-order valence-electron chi connectivity index (χ4n) is 3.45. The van der Waals surface area contributed by atoms with Gasteiger partial charge < -0.3 is 9.74 Å². The molecule has 0 bridgehead atoms. The Morgan fingerprint density at radius 2 is 1.73 bits per heavy atom. The first-order chi connectivity index (χ1) is 14.6. The van der Waals surface area contributed by atoms with E-state index in [9.17, 15) is 9.18 Å². The molecule has 30 heavy (non-hydrogen) atoms. The lowest BCUT2D eigenvalue weighted by Gasteiger charge is -2.25. The smallest absolute Gasteiger partial charge is 0.257 e. The Labute approximate surface area is 179 Å². The molecule has 152 valence electrons. The van der Waals surface area contributed by atoms with Gasteiger partial charge in [-0.15, -0.1) is 0 Å². The van der Waals surface area contributed by atoms with Crippen molar-refractivity contribution in [2.24, 2.45) is 5.16 Å². The number of hydrogen-bond acceptors (Lipinski definition) is 3. The van der Waals surface area contributed by atoms with Crippen molar-refractivity contribution in [2.75, 3.05) is 6.54 Å². The molecule has 1 heterocycles. The predicted molar refractivity (Wildman–Crippen MR) is 115 cm³/mol. The molecule has 1 aliphatic rings. The van der Waals surface area contributed by atoms with Crippen molar-refractivity contribution in [1.82, 2.24) is 4.90 Å². The van der Waals surface area contributed by atoms with Crippen LogP contribution in [0.2, 0.25) is 5.02 Å². The summed E-state index contributed by atoms with van der Waals surface area (Å²) in [4.78, 5) is 20.3. The van der Waals surface area contributed by atoms with Gasteiger partial charge in [-0.2, -0.15) is 0 Å². The van der Waals surface area contributed by atoms with Crippen molar-refractivity contribution in [1.29, 1.82) is 0 Å². The van der Waals surface area contributed by atoms with E-state index in [1.165, 1.54) is 12.1 Å². The third-order valence-corrected chi connectivity index (χ3v) is 5.28. The van der Waals surface area contributed by atoms with Crippen LogP contribution in [0.4, 0.5) is 4.39 Å². The van der Waals surface area contributed by atoms with Crippen molar-refractivity contribution < 1.29 is 14.0 Å². The molecule has 0 radical (unpaired) electrons. The lowest BCUT2D eigenvalue weighted by molar-refractivity contribution is 0.0402. The van der Waals surface area contributed by atoms with Crippen LogP contribution in [0.5, 0.6) is 0 Å². The molecule has 0 aliphatic carbocycles. The molecule has 1 amide bonds. The number of amides is 1. The number of hydrogen-bond donors (Lipinski definition) is 0. The van der Waals surface area contributed by atoms with Crippen molar-refractivity contribution in [2.45, 2.75) is 19.1 Å². The van der Waals surface area contributed by atoms with Crippen LogP contribution in [0, 0.1) is 5.82 Å². The molecule has 1 atom stereocenters. The summed E-state index contributed by atoms with van der Waals surface area (Å²) >= 11 is 6.27. The highest BCUT2D eigenvalue weighted by atomic mass is 35.5. The average Bonchev–Trinajstić information content (AvgIpc) is 3.22.